The van der Waals surface area contributed by atoms with Crippen LogP contribution in [0.25, 0.3) is 0 Å². The van der Waals surface area contributed by atoms with Crippen molar-refractivity contribution in [1.29, 1.82) is 0 Å². The van der Waals surface area contributed by atoms with Crippen molar-refractivity contribution in [3.8, 4) is 0 Å². The van der Waals surface area contributed by atoms with E-state index in [0.717, 1.165) is 17.7 Å². The highest BCUT2D eigenvalue weighted by atomic mass is 35.5. The molecule has 3 rings (SSSR count). The molecule has 0 aliphatic carbocycles. The van der Waals surface area contributed by atoms with Crippen LogP contribution in [0.3, 0.4) is 0 Å². The standard InChI is InChI=1S/C23H25ClN2O4S/c1-15-13-17-5-3-4-6-20(17)26(15)21(27)14-30-23(29)19(11-12-31-2)25-22(28)16-7-9-18(24)10-8-16/h3-10,15,19H,11-14H2,1-2H3,(H,25,28)/t15-,19+/m1/s1. The molecular formula is C23H25ClN2O4S. The molecule has 31 heavy (non-hydrogen) atoms. The smallest absolute Gasteiger partial charge is 0.329 e. The number of nitrogens with one attached hydrogen (secondary N) is 1. The van der Waals surface area contributed by atoms with E-state index in [2.05, 4.69) is 5.32 Å². The van der Waals surface area contributed by atoms with Crippen molar-refractivity contribution in [1.82, 2.24) is 5.32 Å². The number of benzene rings is 2. The van der Waals surface area contributed by atoms with Crippen molar-refractivity contribution < 1.29 is 19.1 Å². The third-order valence-corrected chi connectivity index (χ3v) is 6.02. The first-order chi connectivity index (χ1) is 14.9. The largest absolute Gasteiger partial charge is 0.454 e. The van der Waals surface area contributed by atoms with Gasteiger partial charge in [0.1, 0.15) is 6.04 Å². The molecule has 2 aromatic carbocycles. The summed E-state index contributed by atoms with van der Waals surface area (Å²) in [6.07, 6.45) is 3.08. The summed E-state index contributed by atoms with van der Waals surface area (Å²) in [6.45, 7) is 1.59. The number of esters is 1. The summed E-state index contributed by atoms with van der Waals surface area (Å²) in [5.41, 5.74) is 2.35. The van der Waals surface area contributed by atoms with E-state index in [4.69, 9.17) is 16.3 Å². The number of nitrogens with zero attached hydrogens (tertiary/aromatic N) is 1. The van der Waals surface area contributed by atoms with Crippen molar-refractivity contribution >= 4 is 46.8 Å². The summed E-state index contributed by atoms with van der Waals surface area (Å²) < 4.78 is 5.32. The Hall–Kier alpha value is -2.51. The van der Waals surface area contributed by atoms with Crippen LogP contribution >= 0.6 is 23.4 Å². The summed E-state index contributed by atoms with van der Waals surface area (Å²) in [4.78, 5) is 39.6. The number of rotatable bonds is 8. The van der Waals surface area contributed by atoms with E-state index < -0.39 is 17.9 Å². The normalized spacial score (nSPS) is 15.8. The number of fused-ring (bicyclic) bond motifs is 1. The molecule has 0 spiro atoms. The number of hydrogen-bond donors (Lipinski definition) is 1. The Morgan fingerprint density at radius 1 is 1.19 bits per heavy atom. The molecule has 2 amide bonds. The molecule has 2 atom stereocenters. The average Bonchev–Trinajstić information content (AvgIpc) is 3.10. The van der Waals surface area contributed by atoms with Gasteiger partial charge < -0.3 is 15.0 Å². The molecule has 0 unspecified atom stereocenters. The third kappa shape index (κ3) is 5.80. The second-order valence-corrected chi connectivity index (χ2v) is 8.79. The minimum absolute atomic E-state index is 0.000461. The van der Waals surface area contributed by atoms with Crippen LogP contribution in [0.15, 0.2) is 48.5 Å². The number of halogens is 1. The van der Waals surface area contributed by atoms with E-state index in [9.17, 15) is 14.4 Å². The number of thioether (sulfide) groups is 1. The van der Waals surface area contributed by atoms with E-state index in [1.54, 1.807) is 40.9 Å². The number of amides is 2. The molecule has 0 aromatic heterocycles. The lowest BCUT2D eigenvalue weighted by Crippen LogP contribution is -2.44. The molecule has 8 heteroatoms. The Bertz CT molecular complexity index is 951. The molecule has 164 valence electrons. The predicted octanol–water partition coefficient (Wildman–Crippen LogP) is 3.71. The Morgan fingerprint density at radius 2 is 1.90 bits per heavy atom. The lowest BCUT2D eigenvalue weighted by molar-refractivity contribution is -0.149. The fraction of sp³-hybridized carbons (Fsp3) is 0.348. The highest BCUT2D eigenvalue weighted by Crippen LogP contribution is 2.31. The number of carbonyl (C=O) groups is 3. The van der Waals surface area contributed by atoms with Crippen LogP contribution in [0, 0.1) is 0 Å². The molecule has 1 aliphatic heterocycles. The fourth-order valence-corrected chi connectivity index (χ4v) is 4.17. The zero-order chi connectivity index (χ0) is 22.4. The van der Waals surface area contributed by atoms with Crippen LogP contribution in [0.1, 0.15) is 29.3 Å². The van der Waals surface area contributed by atoms with Gasteiger partial charge in [0.2, 0.25) is 0 Å². The second kappa shape index (κ2) is 10.7. The maximum atomic E-state index is 12.8. The quantitative estimate of drug-likeness (QED) is 0.608. The van der Waals surface area contributed by atoms with Crippen molar-refractivity contribution in [2.45, 2.75) is 31.8 Å². The van der Waals surface area contributed by atoms with E-state index in [1.165, 1.54) is 0 Å². The molecule has 1 N–H and O–H groups in total. The molecule has 1 aliphatic rings. The van der Waals surface area contributed by atoms with Gasteiger partial charge in [0.25, 0.3) is 11.8 Å². The minimum atomic E-state index is -0.841. The molecule has 0 bridgehead atoms. The van der Waals surface area contributed by atoms with E-state index >= 15 is 0 Å². The van der Waals surface area contributed by atoms with Gasteiger partial charge in [-0.15, -0.1) is 0 Å². The number of hydrogen-bond acceptors (Lipinski definition) is 5. The van der Waals surface area contributed by atoms with E-state index in [0.29, 0.717) is 22.8 Å². The highest BCUT2D eigenvalue weighted by Gasteiger charge is 2.32. The van der Waals surface area contributed by atoms with Crippen molar-refractivity contribution in [3.05, 3.63) is 64.7 Å². The maximum absolute atomic E-state index is 12.8. The molecule has 0 saturated heterocycles. The van der Waals surface area contributed by atoms with Crippen LogP contribution in [-0.2, 0) is 20.7 Å². The first-order valence-corrected chi connectivity index (χ1v) is 11.8. The van der Waals surface area contributed by atoms with Crippen LogP contribution < -0.4 is 10.2 Å². The highest BCUT2D eigenvalue weighted by molar-refractivity contribution is 7.98. The summed E-state index contributed by atoms with van der Waals surface area (Å²) in [5.74, 6) is -0.637. The zero-order valence-electron chi connectivity index (χ0n) is 17.5. The van der Waals surface area contributed by atoms with Gasteiger partial charge in [0.05, 0.1) is 0 Å². The van der Waals surface area contributed by atoms with Gasteiger partial charge in [0.15, 0.2) is 6.61 Å². The van der Waals surface area contributed by atoms with Crippen molar-refractivity contribution in [2.75, 3.05) is 23.5 Å². The van der Waals surface area contributed by atoms with Gasteiger partial charge in [-0.2, -0.15) is 11.8 Å². The van der Waals surface area contributed by atoms with Gasteiger partial charge >= 0.3 is 5.97 Å². The van der Waals surface area contributed by atoms with E-state index in [1.807, 2.05) is 37.4 Å². The Kier molecular flexibility index (Phi) is 7.98. The van der Waals surface area contributed by atoms with Crippen LogP contribution in [0.2, 0.25) is 5.02 Å². The van der Waals surface area contributed by atoms with Crippen molar-refractivity contribution in [3.63, 3.8) is 0 Å². The van der Waals surface area contributed by atoms with Crippen LogP contribution in [0.5, 0.6) is 0 Å². The van der Waals surface area contributed by atoms with Gasteiger partial charge in [-0.25, -0.2) is 4.79 Å². The monoisotopic (exact) mass is 460 g/mol. The second-order valence-electron chi connectivity index (χ2n) is 7.37. The minimum Gasteiger partial charge on any atom is -0.454 e. The third-order valence-electron chi connectivity index (χ3n) is 5.12. The molecule has 6 nitrogen and oxygen atoms in total. The lowest BCUT2D eigenvalue weighted by Gasteiger charge is -2.23. The number of carbonyl (C=O) groups excluding carboxylic acids is 3. The van der Waals surface area contributed by atoms with Crippen LogP contribution in [0.4, 0.5) is 5.69 Å². The molecule has 0 saturated carbocycles. The molecule has 0 fully saturated rings. The van der Waals surface area contributed by atoms with Crippen molar-refractivity contribution in [2.24, 2.45) is 0 Å². The average molecular weight is 461 g/mol. The maximum Gasteiger partial charge on any atom is 0.329 e. The van der Waals surface area contributed by atoms with Gasteiger partial charge in [0, 0.05) is 22.3 Å². The first kappa shape index (κ1) is 23.2. The molecule has 0 radical (unpaired) electrons. The number of anilines is 1. The summed E-state index contributed by atoms with van der Waals surface area (Å²) >= 11 is 7.42. The molecule has 2 aromatic rings. The lowest BCUT2D eigenvalue weighted by atomic mass is 10.1. The summed E-state index contributed by atoms with van der Waals surface area (Å²) in [6, 6.07) is 13.3. The fourth-order valence-electron chi connectivity index (χ4n) is 3.58. The van der Waals surface area contributed by atoms with Crippen LogP contribution in [-0.4, -0.2) is 48.5 Å². The van der Waals surface area contributed by atoms with Gasteiger partial charge in [-0.1, -0.05) is 29.8 Å². The Morgan fingerprint density at radius 3 is 2.61 bits per heavy atom. The SMILES string of the molecule is CSCC[C@H](NC(=O)c1ccc(Cl)cc1)C(=O)OCC(=O)N1c2ccccc2C[C@H]1C. The summed E-state index contributed by atoms with van der Waals surface area (Å²) in [5, 5.41) is 3.23. The van der Waals surface area contributed by atoms with Gasteiger partial charge in [-0.3, -0.25) is 9.59 Å². The number of para-hydroxylation sites is 1. The zero-order valence-corrected chi connectivity index (χ0v) is 19.0. The Labute approximate surface area is 191 Å². The summed E-state index contributed by atoms with van der Waals surface area (Å²) in [7, 11) is 0. The molecule has 1 heterocycles. The predicted molar refractivity (Wildman–Crippen MR) is 124 cm³/mol. The Balaban J connectivity index is 1.62. The van der Waals surface area contributed by atoms with E-state index in [-0.39, 0.29) is 18.6 Å². The first-order valence-electron chi connectivity index (χ1n) is 10.0. The van der Waals surface area contributed by atoms with Gasteiger partial charge in [-0.05, 0) is 67.7 Å². The molecular weight excluding hydrogens is 436 g/mol. The number of ether oxygens (including phenoxy) is 1. The topological polar surface area (TPSA) is 75.7 Å².